The van der Waals surface area contributed by atoms with E-state index in [1.807, 2.05) is 0 Å². The zero-order valence-electron chi connectivity index (χ0n) is 14.5. The van der Waals surface area contributed by atoms with Crippen LogP contribution in [0, 0.1) is 5.92 Å². The first-order chi connectivity index (χ1) is 10.9. The average Bonchev–Trinajstić information content (AvgIpc) is 3.03. The first-order valence-corrected chi connectivity index (χ1v) is 8.95. The highest BCUT2D eigenvalue weighted by molar-refractivity contribution is 5.79. The van der Waals surface area contributed by atoms with Crippen LogP contribution in [0.15, 0.2) is 4.99 Å². The van der Waals surface area contributed by atoms with Crippen LogP contribution in [0.1, 0.15) is 51.9 Å². The monoisotopic (exact) mass is 313 g/mol. The molecule has 130 valence electrons. The minimum atomic E-state index is 0.661. The largest absolute Gasteiger partial charge is 0.382 e. The van der Waals surface area contributed by atoms with Crippen molar-refractivity contribution in [2.24, 2.45) is 10.9 Å². The molecule has 0 heterocycles. The Balaban J connectivity index is 2.04. The predicted molar refractivity (Wildman–Crippen MR) is 92.5 cm³/mol. The minimum absolute atomic E-state index is 0.661. The quantitative estimate of drug-likeness (QED) is 0.330. The smallest absolute Gasteiger partial charge is 0.191 e. The van der Waals surface area contributed by atoms with Crippen LogP contribution >= 0.6 is 0 Å². The number of rotatable bonds is 12. The van der Waals surface area contributed by atoms with Crippen LogP contribution in [0.4, 0.5) is 0 Å². The SMILES string of the molecule is CCNC(=NCCCOCCOC)NCCCC1CCCC1. The van der Waals surface area contributed by atoms with Crippen LogP contribution < -0.4 is 10.6 Å². The molecule has 5 heteroatoms. The van der Waals surface area contributed by atoms with Gasteiger partial charge < -0.3 is 20.1 Å². The molecule has 0 bridgehead atoms. The Morgan fingerprint density at radius 2 is 1.91 bits per heavy atom. The Hall–Kier alpha value is -0.810. The van der Waals surface area contributed by atoms with Gasteiger partial charge in [-0.25, -0.2) is 0 Å². The first-order valence-electron chi connectivity index (χ1n) is 8.95. The van der Waals surface area contributed by atoms with Crippen molar-refractivity contribution >= 4 is 5.96 Å². The standard InChI is InChI=1S/C17H35N3O2/c1-3-18-17(20-12-7-13-22-15-14-21-2)19-11-6-10-16-8-4-5-9-16/h16H,3-15H2,1-2H3,(H2,18,19,20). The van der Waals surface area contributed by atoms with E-state index in [2.05, 4.69) is 22.5 Å². The first kappa shape index (κ1) is 19.2. The van der Waals surface area contributed by atoms with E-state index in [-0.39, 0.29) is 0 Å². The lowest BCUT2D eigenvalue weighted by Crippen LogP contribution is -2.38. The number of methoxy groups -OCH3 is 1. The number of nitrogens with one attached hydrogen (secondary N) is 2. The third-order valence-corrected chi connectivity index (χ3v) is 4.05. The zero-order valence-corrected chi connectivity index (χ0v) is 14.5. The molecule has 22 heavy (non-hydrogen) atoms. The molecule has 0 radical (unpaired) electrons. The molecule has 2 N–H and O–H groups in total. The van der Waals surface area contributed by atoms with Gasteiger partial charge in [0.2, 0.25) is 0 Å². The lowest BCUT2D eigenvalue weighted by atomic mass is 10.0. The van der Waals surface area contributed by atoms with Gasteiger partial charge >= 0.3 is 0 Å². The molecule has 0 unspecified atom stereocenters. The normalized spacial score (nSPS) is 16.2. The minimum Gasteiger partial charge on any atom is -0.382 e. The maximum absolute atomic E-state index is 5.44. The molecule has 1 aliphatic carbocycles. The number of nitrogens with zero attached hydrogens (tertiary/aromatic N) is 1. The maximum Gasteiger partial charge on any atom is 0.191 e. The molecule has 0 aromatic carbocycles. The number of hydrogen-bond donors (Lipinski definition) is 2. The molecule has 1 saturated carbocycles. The van der Waals surface area contributed by atoms with Crippen LogP contribution in [0.25, 0.3) is 0 Å². The summed E-state index contributed by atoms with van der Waals surface area (Å²) in [7, 11) is 1.69. The lowest BCUT2D eigenvalue weighted by Gasteiger charge is -2.13. The van der Waals surface area contributed by atoms with Crippen molar-refractivity contribution in [1.29, 1.82) is 0 Å². The summed E-state index contributed by atoms with van der Waals surface area (Å²) in [4.78, 5) is 4.58. The van der Waals surface area contributed by atoms with Gasteiger partial charge in [-0.2, -0.15) is 0 Å². The fraction of sp³-hybridized carbons (Fsp3) is 0.941. The fourth-order valence-electron chi connectivity index (χ4n) is 2.84. The molecular formula is C17H35N3O2. The molecule has 0 spiro atoms. The third-order valence-electron chi connectivity index (χ3n) is 4.05. The van der Waals surface area contributed by atoms with E-state index in [0.29, 0.717) is 13.2 Å². The summed E-state index contributed by atoms with van der Waals surface area (Å²) in [5, 5.41) is 6.73. The highest BCUT2D eigenvalue weighted by Crippen LogP contribution is 2.28. The van der Waals surface area contributed by atoms with Crippen molar-refractivity contribution in [3.63, 3.8) is 0 Å². The van der Waals surface area contributed by atoms with Crippen LogP contribution in [-0.4, -0.2) is 52.5 Å². The van der Waals surface area contributed by atoms with Crippen molar-refractivity contribution in [2.45, 2.75) is 51.9 Å². The molecule has 0 amide bonds. The Kier molecular flexibility index (Phi) is 12.1. The van der Waals surface area contributed by atoms with Gasteiger partial charge in [0.15, 0.2) is 5.96 Å². The van der Waals surface area contributed by atoms with E-state index in [9.17, 15) is 0 Å². The highest BCUT2D eigenvalue weighted by atomic mass is 16.5. The summed E-state index contributed by atoms with van der Waals surface area (Å²) in [5.74, 6) is 1.91. The lowest BCUT2D eigenvalue weighted by molar-refractivity contribution is 0.0702. The van der Waals surface area contributed by atoms with E-state index in [4.69, 9.17) is 9.47 Å². The van der Waals surface area contributed by atoms with Crippen molar-refractivity contribution in [3.8, 4) is 0 Å². The number of aliphatic imine (C=N–C) groups is 1. The summed E-state index contributed by atoms with van der Waals surface area (Å²) in [6.45, 7) is 6.89. The van der Waals surface area contributed by atoms with Gasteiger partial charge in [0, 0.05) is 33.4 Å². The molecule has 1 fully saturated rings. The molecule has 1 rings (SSSR count). The fourth-order valence-corrected chi connectivity index (χ4v) is 2.84. The molecule has 0 aromatic heterocycles. The van der Waals surface area contributed by atoms with Crippen molar-refractivity contribution < 1.29 is 9.47 Å². The second-order valence-electron chi connectivity index (χ2n) is 5.94. The van der Waals surface area contributed by atoms with E-state index >= 15 is 0 Å². The maximum atomic E-state index is 5.44. The number of ether oxygens (including phenoxy) is 2. The van der Waals surface area contributed by atoms with Gasteiger partial charge in [-0.05, 0) is 32.1 Å². The van der Waals surface area contributed by atoms with Crippen molar-refractivity contribution in [2.75, 3.05) is 46.6 Å². The number of hydrogen-bond acceptors (Lipinski definition) is 3. The van der Waals surface area contributed by atoms with E-state index in [0.717, 1.165) is 44.5 Å². The van der Waals surface area contributed by atoms with E-state index in [1.54, 1.807) is 7.11 Å². The van der Waals surface area contributed by atoms with E-state index in [1.165, 1.54) is 38.5 Å². The van der Waals surface area contributed by atoms with Crippen molar-refractivity contribution in [3.05, 3.63) is 0 Å². The van der Waals surface area contributed by atoms with Gasteiger partial charge in [-0.15, -0.1) is 0 Å². The van der Waals surface area contributed by atoms with Gasteiger partial charge in [-0.3, -0.25) is 4.99 Å². The Morgan fingerprint density at radius 3 is 2.64 bits per heavy atom. The molecule has 0 aliphatic heterocycles. The van der Waals surface area contributed by atoms with Crippen LogP contribution in [-0.2, 0) is 9.47 Å². The zero-order chi connectivity index (χ0) is 15.9. The van der Waals surface area contributed by atoms with Crippen LogP contribution in [0.3, 0.4) is 0 Å². The Labute approximate surface area is 136 Å². The Bertz CT molecular complexity index is 279. The van der Waals surface area contributed by atoms with Gasteiger partial charge in [-0.1, -0.05) is 25.7 Å². The van der Waals surface area contributed by atoms with Crippen molar-refractivity contribution in [1.82, 2.24) is 10.6 Å². The summed E-state index contributed by atoms with van der Waals surface area (Å²) < 4.78 is 10.4. The number of guanidine groups is 1. The highest BCUT2D eigenvalue weighted by Gasteiger charge is 2.13. The van der Waals surface area contributed by atoms with E-state index < -0.39 is 0 Å². The van der Waals surface area contributed by atoms with Crippen LogP contribution in [0.2, 0.25) is 0 Å². The third kappa shape index (κ3) is 10.0. The summed E-state index contributed by atoms with van der Waals surface area (Å²) >= 11 is 0. The topological polar surface area (TPSA) is 54.9 Å². The molecule has 0 saturated heterocycles. The molecular weight excluding hydrogens is 278 g/mol. The molecule has 1 aliphatic rings. The van der Waals surface area contributed by atoms with Gasteiger partial charge in [0.25, 0.3) is 0 Å². The molecule has 0 aromatic rings. The van der Waals surface area contributed by atoms with Gasteiger partial charge in [0.1, 0.15) is 0 Å². The Morgan fingerprint density at radius 1 is 1.09 bits per heavy atom. The second kappa shape index (κ2) is 13.8. The second-order valence-corrected chi connectivity index (χ2v) is 5.94. The summed E-state index contributed by atoms with van der Waals surface area (Å²) in [5.41, 5.74) is 0. The predicted octanol–water partition coefficient (Wildman–Crippen LogP) is 2.57. The molecule has 5 nitrogen and oxygen atoms in total. The average molecular weight is 313 g/mol. The summed E-state index contributed by atoms with van der Waals surface area (Å²) in [6, 6.07) is 0. The summed E-state index contributed by atoms with van der Waals surface area (Å²) in [6.07, 6.45) is 9.31. The molecule has 0 atom stereocenters. The van der Waals surface area contributed by atoms with Gasteiger partial charge in [0.05, 0.1) is 13.2 Å². The van der Waals surface area contributed by atoms with Crippen LogP contribution in [0.5, 0.6) is 0 Å².